The molecule has 0 aliphatic heterocycles. The first kappa shape index (κ1) is 23.4. The summed E-state index contributed by atoms with van der Waals surface area (Å²) < 4.78 is 36.2. The molecule has 0 unspecified atom stereocenters. The van der Waals surface area contributed by atoms with E-state index in [1.54, 1.807) is 31.2 Å². The lowest BCUT2D eigenvalue weighted by Crippen LogP contribution is -2.39. The molecule has 0 spiro atoms. The Morgan fingerprint density at radius 1 is 1.00 bits per heavy atom. The van der Waals surface area contributed by atoms with Gasteiger partial charge in [-0.1, -0.05) is 18.2 Å². The molecule has 5 aromatic rings. The monoisotopic (exact) mass is 507 g/mol. The van der Waals surface area contributed by atoms with Crippen LogP contribution in [-0.2, 0) is 6.54 Å². The van der Waals surface area contributed by atoms with Crippen molar-refractivity contribution in [2.24, 2.45) is 0 Å². The van der Waals surface area contributed by atoms with Gasteiger partial charge in [0.15, 0.2) is 5.82 Å². The predicted molar refractivity (Wildman–Crippen MR) is 134 cm³/mol. The zero-order chi connectivity index (χ0) is 25.6. The standard InChI is InChI=1S/C25H19F2N5O3S/c1-13-21-23(33)32(19-10-11-20(35-2)30-29-19)25(34)31(12-16-17(26)4-3-5-18(16)27)24(21)36-22(13)14-6-8-15(28)9-7-14/h3-11H,12,28H2,1-2H3. The van der Waals surface area contributed by atoms with Crippen LogP contribution in [0.2, 0.25) is 0 Å². The Bertz CT molecular complexity index is 1700. The van der Waals surface area contributed by atoms with E-state index >= 15 is 0 Å². The van der Waals surface area contributed by atoms with E-state index in [4.69, 9.17) is 10.5 Å². The van der Waals surface area contributed by atoms with Crippen LogP contribution < -0.4 is 21.7 Å². The van der Waals surface area contributed by atoms with Gasteiger partial charge in [0.05, 0.1) is 19.0 Å². The van der Waals surface area contributed by atoms with E-state index in [-0.39, 0.29) is 27.5 Å². The maximum absolute atomic E-state index is 14.6. The number of nitrogens with two attached hydrogens (primary N) is 1. The van der Waals surface area contributed by atoms with Crippen molar-refractivity contribution < 1.29 is 13.5 Å². The molecule has 0 saturated heterocycles. The number of methoxy groups -OCH3 is 1. The number of aryl methyl sites for hydroxylation is 1. The van der Waals surface area contributed by atoms with E-state index < -0.39 is 29.4 Å². The number of hydrogen-bond acceptors (Lipinski definition) is 7. The van der Waals surface area contributed by atoms with Crippen molar-refractivity contribution in [1.29, 1.82) is 0 Å². The highest BCUT2D eigenvalue weighted by molar-refractivity contribution is 7.22. The minimum atomic E-state index is -0.806. The van der Waals surface area contributed by atoms with Gasteiger partial charge in [0.25, 0.3) is 5.56 Å². The lowest BCUT2D eigenvalue weighted by molar-refractivity contribution is 0.391. The van der Waals surface area contributed by atoms with E-state index in [9.17, 15) is 18.4 Å². The number of nitrogen functional groups attached to an aromatic ring is 1. The first-order valence-electron chi connectivity index (χ1n) is 10.8. The van der Waals surface area contributed by atoms with E-state index in [1.807, 2.05) is 0 Å². The van der Waals surface area contributed by atoms with E-state index in [0.29, 0.717) is 11.3 Å². The number of aromatic nitrogens is 4. The minimum absolute atomic E-state index is 0.0462. The van der Waals surface area contributed by atoms with Crippen LogP contribution in [0.4, 0.5) is 14.5 Å². The van der Waals surface area contributed by atoms with Crippen molar-refractivity contribution in [3.8, 4) is 22.1 Å². The van der Waals surface area contributed by atoms with Crippen LogP contribution in [0.25, 0.3) is 26.5 Å². The van der Waals surface area contributed by atoms with Crippen molar-refractivity contribution >= 4 is 27.2 Å². The van der Waals surface area contributed by atoms with Crippen molar-refractivity contribution in [2.75, 3.05) is 12.8 Å². The number of ether oxygens (including phenoxy) is 1. The Morgan fingerprint density at radius 3 is 2.31 bits per heavy atom. The van der Waals surface area contributed by atoms with Gasteiger partial charge in [0.1, 0.15) is 16.5 Å². The average molecular weight is 508 g/mol. The van der Waals surface area contributed by atoms with Crippen LogP contribution in [0.15, 0.2) is 64.2 Å². The second-order valence-corrected chi connectivity index (χ2v) is 9.00. The Labute approximate surface area is 206 Å². The third-order valence-corrected chi connectivity index (χ3v) is 7.19. The molecule has 3 aromatic heterocycles. The third-order valence-electron chi connectivity index (χ3n) is 5.83. The third kappa shape index (κ3) is 3.83. The summed E-state index contributed by atoms with van der Waals surface area (Å²) in [6.07, 6.45) is 0. The largest absolute Gasteiger partial charge is 0.480 e. The highest BCUT2D eigenvalue weighted by atomic mass is 32.1. The van der Waals surface area contributed by atoms with Crippen LogP contribution in [0.1, 0.15) is 11.1 Å². The fourth-order valence-electron chi connectivity index (χ4n) is 3.98. The summed E-state index contributed by atoms with van der Waals surface area (Å²) in [5, 5.41) is 8.04. The molecule has 0 fully saturated rings. The van der Waals surface area contributed by atoms with Crippen molar-refractivity contribution in [2.45, 2.75) is 13.5 Å². The molecule has 3 heterocycles. The zero-order valence-corrected chi connectivity index (χ0v) is 20.0. The minimum Gasteiger partial charge on any atom is -0.480 e. The van der Waals surface area contributed by atoms with Crippen LogP contribution >= 0.6 is 11.3 Å². The second kappa shape index (κ2) is 9.00. The molecule has 0 saturated carbocycles. The predicted octanol–water partition coefficient (Wildman–Crippen LogP) is 3.90. The van der Waals surface area contributed by atoms with Gasteiger partial charge in [0.2, 0.25) is 5.88 Å². The Balaban J connectivity index is 1.84. The normalized spacial score (nSPS) is 11.2. The summed E-state index contributed by atoms with van der Waals surface area (Å²) in [4.78, 5) is 28.3. The molecule has 11 heteroatoms. The second-order valence-electron chi connectivity index (χ2n) is 8.00. The number of anilines is 1. The SMILES string of the molecule is COc1ccc(-n2c(=O)c3c(C)c(-c4ccc(N)cc4)sc3n(Cc3c(F)cccc3F)c2=O)nn1. The van der Waals surface area contributed by atoms with Gasteiger partial charge in [-0.05, 0) is 48.4 Å². The van der Waals surface area contributed by atoms with E-state index in [0.717, 1.165) is 27.1 Å². The Kier molecular flexibility index (Phi) is 5.84. The summed E-state index contributed by atoms with van der Waals surface area (Å²) >= 11 is 1.19. The lowest BCUT2D eigenvalue weighted by atomic mass is 10.1. The van der Waals surface area contributed by atoms with E-state index in [2.05, 4.69) is 10.2 Å². The summed E-state index contributed by atoms with van der Waals surface area (Å²) in [5.41, 5.74) is 6.07. The molecule has 0 aliphatic rings. The number of fused-ring (bicyclic) bond motifs is 1. The maximum atomic E-state index is 14.6. The molecule has 0 aliphatic carbocycles. The molecule has 0 atom stereocenters. The molecule has 5 rings (SSSR count). The molecule has 0 amide bonds. The van der Waals surface area contributed by atoms with Gasteiger partial charge >= 0.3 is 5.69 Å². The summed E-state index contributed by atoms with van der Waals surface area (Å²) in [5.74, 6) is -1.46. The lowest BCUT2D eigenvalue weighted by Gasteiger charge is -2.13. The van der Waals surface area contributed by atoms with Gasteiger partial charge in [0, 0.05) is 22.2 Å². The van der Waals surface area contributed by atoms with Gasteiger partial charge in [-0.2, -0.15) is 0 Å². The number of benzene rings is 2. The molecule has 0 radical (unpaired) electrons. The van der Waals surface area contributed by atoms with Gasteiger partial charge < -0.3 is 10.5 Å². The van der Waals surface area contributed by atoms with Gasteiger partial charge in [-0.3, -0.25) is 9.36 Å². The van der Waals surface area contributed by atoms with E-state index in [1.165, 1.54) is 41.2 Å². The molecule has 2 aromatic carbocycles. The molecule has 2 N–H and O–H groups in total. The van der Waals surface area contributed by atoms with Gasteiger partial charge in [-0.25, -0.2) is 18.1 Å². The molecule has 36 heavy (non-hydrogen) atoms. The summed E-state index contributed by atoms with van der Waals surface area (Å²) in [6, 6.07) is 13.4. The Morgan fingerprint density at radius 2 is 1.69 bits per heavy atom. The Hall–Kier alpha value is -4.38. The van der Waals surface area contributed by atoms with Gasteiger partial charge in [-0.15, -0.1) is 21.5 Å². The fourth-order valence-corrected chi connectivity index (χ4v) is 5.28. The average Bonchev–Trinajstić information content (AvgIpc) is 3.21. The fraction of sp³-hybridized carbons (Fsp3) is 0.120. The zero-order valence-electron chi connectivity index (χ0n) is 19.2. The van der Waals surface area contributed by atoms with Crippen LogP contribution in [0.3, 0.4) is 0 Å². The first-order valence-corrected chi connectivity index (χ1v) is 11.6. The molecule has 0 bridgehead atoms. The molecular formula is C25H19F2N5O3S. The van der Waals surface area contributed by atoms with Crippen LogP contribution in [0.5, 0.6) is 5.88 Å². The van der Waals surface area contributed by atoms with Crippen molar-refractivity contribution in [3.05, 3.63) is 98.2 Å². The number of thiophene rings is 1. The van der Waals surface area contributed by atoms with Crippen LogP contribution in [-0.4, -0.2) is 26.4 Å². The van der Waals surface area contributed by atoms with Crippen LogP contribution in [0, 0.1) is 18.6 Å². The smallest absolute Gasteiger partial charge is 0.338 e. The highest BCUT2D eigenvalue weighted by Crippen LogP contribution is 2.37. The number of rotatable bonds is 5. The summed E-state index contributed by atoms with van der Waals surface area (Å²) in [6.45, 7) is 1.33. The molecule has 182 valence electrons. The first-order chi connectivity index (χ1) is 17.3. The summed E-state index contributed by atoms with van der Waals surface area (Å²) in [7, 11) is 1.41. The van der Waals surface area contributed by atoms with Crippen molar-refractivity contribution in [3.63, 3.8) is 0 Å². The topological polar surface area (TPSA) is 105 Å². The van der Waals surface area contributed by atoms with Crippen molar-refractivity contribution in [1.82, 2.24) is 19.3 Å². The highest BCUT2D eigenvalue weighted by Gasteiger charge is 2.23. The maximum Gasteiger partial charge on any atom is 0.338 e. The molecular weight excluding hydrogens is 488 g/mol. The number of nitrogens with zero attached hydrogens (tertiary/aromatic N) is 4. The quantitative estimate of drug-likeness (QED) is 0.362. The number of hydrogen-bond donors (Lipinski definition) is 1. The number of halogens is 2. The molecule has 8 nitrogen and oxygen atoms in total.